The zero-order valence-corrected chi connectivity index (χ0v) is 36.5. The first-order valence-corrected chi connectivity index (χ1v) is 21.4. The van der Waals surface area contributed by atoms with Gasteiger partial charge in [-0.1, -0.05) is 96.0 Å². The number of hydrogen-bond donors (Lipinski definition) is 3. The summed E-state index contributed by atoms with van der Waals surface area (Å²) in [4.78, 5) is 46.9. The summed E-state index contributed by atoms with van der Waals surface area (Å²) in [5, 5.41) is 17.1. The smallest absolute Gasteiger partial charge is 0.326 e. The predicted octanol–water partition coefficient (Wildman–Crippen LogP) is 9.77. The Morgan fingerprint density at radius 1 is 0.857 bits per heavy atom. The molecule has 8 rings (SSSR count). The van der Waals surface area contributed by atoms with Crippen molar-refractivity contribution in [3.8, 4) is 28.4 Å². The Hall–Kier alpha value is -6.56. The van der Waals surface area contributed by atoms with Gasteiger partial charge in [-0.15, -0.1) is 0 Å². The standard InChI is InChI=1S/C50H46Cl2N4O7/c1-29-30(2)53-20-19-40(29)35-12-9-32(10-13-35)22-43(49(58)59)55-48(57)44-23-37-24-45-46(25-38(37)26-56(44)50(60)54-31(3)34-7-5-4-6-8-34)63-47(28-62-45)36-14-16-39(17-15-36)61-27-33-11-18-41(51)42(52)21-33/h4-21,24-25,31,43-44,47H,22-23,26-28H2,1-3H3,(H,54,60)(H,55,57)(H,58,59). The van der Waals surface area contributed by atoms with Crippen molar-refractivity contribution in [2.45, 2.75) is 71.0 Å². The zero-order chi connectivity index (χ0) is 44.2. The molecule has 0 radical (unpaired) electrons. The van der Waals surface area contributed by atoms with Gasteiger partial charge in [-0.2, -0.15) is 0 Å². The van der Waals surface area contributed by atoms with E-state index in [0.717, 1.165) is 55.8 Å². The molecule has 4 atom stereocenters. The third-order valence-corrected chi connectivity index (χ3v) is 12.4. The second kappa shape index (κ2) is 18.8. The topological polar surface area (TPSA) is 139 Å². The highest BCUT2D eigenvalue weighted by molar-refractivity contribution is 6.42. The first-order chi connectivity index (χ1) is 30.4. The largest absolute Gasteiger partial charge is 0.489 e. The Morgan fingerprint density at radius 2 is 1.59 bits per heavy atom. The SMILES string of the molecule is Cc1nccc(-c2ccc(CC(NC(=O)C3Cc4cc5c(cc4CN3C(=O)NC(C)c3ccccc3)OC(c3ccc(OCc4ccc(Cl)c(Cl)c4)cc3)CO5)C(=O)O)cc2)c1C. The van der Waals surface area contributed by atoms with Crippen molar-refractivity contribution in [2.24, 2.45) is 0 Å². The van der Waals surface area contributed by atoms with Crippen LogP contribution in [0, 0.1) is 13.8 Å². The molecule has 322 valence electrons. The Morgan fingerprint density at radius 3 is 2.32 bits per heavy atom. The van der Waals surface area contributed by atoms with Crippen LogP contribution in [-0.4, -0.2) is 51.6 Å². The number of nitrogens with zero attached hydrogens (tertiary/aromatic N) is 2. The first-order valence-electron chi connectivity index (χ1n) is 20.7. The van der Waals surface area contributed by atoms with Crippen LogP contribution < -0.4 is 24.8 Å². The number of ether oxygens (including phenoxy) is 3. The second-order valence-corrected chi connectivity index (χ2v) is 16.7. The lowest BCUT2D eigenvalue weighted by Gasteiger charge is -2.38. The number of aryl methyl sites for hydroxylation is 1. The minimum Gasteiger partial charge on any atom is -0.489 e. The summed E-state index contributed by atoms with van der Waals surface area (Å²) >= 11 is 12.2. The summed E-state index contributed by atoms with van der Waals surface area (Å²) in [7, 11) is 0. The van der Waals surface area contributed by atoms with E-state index in [-0.39, 0.29) is 32.0 Å². The number of pyridine rings is 1. The maximum absolute atomic E-state index is 14.3. The van der Waals surface area contributed by atoms with Crippen LogP contribution in [0.1, 0.15) is 63.7 Å². The third kappa shape index (κ3) is 9.90. The van der Waals surface area contributed by atoms with Crippen LogP contribution in [-0.2, 0) is 35.6 Å². The molecule has 63 heavy (non-hydrogen) atoms. The Bertz CT molecular complexity index is 2640. The molecule has 1 aromatic heterocycles. The molecule has 6 aromatic rings. The van der Waals surface area contributed by atoms with Gasteiger partial charge in [0.15, 0.2) is 17.6 Å². The summed E-state index contributed by atoms with van der Waals surface area (Å²) in [6.45, 7) is 6.48. The average Bonchev–Trinajstić information content (AvgIpc) is 3.29. The number of rotatable bonds is 12. The van der Waals surface area contributed by atoms with Crippen LogP contribution in [0.2, 0.25) is 10.0 Å². The van der Waals surface area contributed by atoms with Crippen LogP contribution in [0.3, 0.4) is 0 Å². The summed E-state index contributed by atoms with van der Waals surface area (Å²) in [6.07, 6.45) is 1.53. The van der Waals surface area contributed by atoms with Crippen molar-refractivity contribution < 1.29 is 33.7 Å². The van der Waals surface area contributed by atoms with Crippen molar-refractivity contribution in [3.63, 3.8) is 0 Å². The number of halogens is 2. The summed E-state index contributed by atoms with van der Waals surface area (Å²) < 4.78 is 18.7. The molecular formula is C50H46Cl2N4O7. The number of carbonyl (C=O) groups is 3. The summed E-state index contributed by atoms with van der Waals surface area (Å²) in [6, 6.07) is 32.7. The highest BCUT2D eigenvalue weighted by Crippen LogP contribution is 2.41. The lowest BCUT2D eigenvalue weighted by molar-refractivity contribution is -0.142. The fourth-order valence-corrected chi connectivity index (χ4v) is 8.23. The van der Waals surface area contributed by atoms with Crippen LogP contribution >= 0.6 is 23.2 Å². The highest BCUT2D eigenvalue weighted by Gasteiger charge is 2.38. The van der Waals surface area contributed by atoms with E-state index in [4.69, 9.17) is 37.4 Å². The number of hydrogen-bond acceptors (Lipinski definition) is 7. The van der Waals surface area contributed by atoms with Crippen molar-refractivity contribution >= 4 is 41.1 Å². The maximum Gasteiger partial charge on any atom is 0.326 e. The van der Waals surface area contributed by atoms with Gasteiger partial charge < -0.3 is 34.9 Å². The minimum absolute atomic E-state index is 0.0462. The van der Waals surface area contributed by atoms with E-state index in [1.165, 1.54) is 4.90 Å². The van der Waals surface area contributed by atoms with Gasteiger partial charge in [0.1, 0.15) is 31.0 Å². The number of aromatic nitrogens is 1. The second-order valence-electron chi connectivity index (χ2n) is 15.9. The number of carbonyl (C=O) groups excluding carboxylic acids is 2. The number of benzene rings is 5. The van der Waals surface area contributed by atoms with E-state index in [2.05, 4.69) is 15.6 Å². The highest BCUT2D eigenvalue weighted by atomic mass is 35.5. The number of nitrogens with one attached hydrogen (secondary N) is 2. The number of aliphatic carboxylic acids is 1. The van der Waals surface area contributed by atoms with Crippen molar-refractivity contribution in [1.82, 2.24) is 20.5 Å². The van der Waals surface area contributed by atoms with Crippen molar-refractivity contribution in [2.75, 3.05) is 6.61 Å². The van der Waals surface area contributed by atoms with Gasteiger partial charge in [0.2, 0.25) is 5.91 Å². The van der Waals surface area contributed by atoms with Crippen LogP contribution in [0.5, 0.6) is 17.2 Å². The molecular weight excluding hydrogens is 839 g/mol. The molecule has 0 bridgehead atoms. The van der Waals surface area contributed by atoms with Gasteiger partial charge in [0, 0.05) is 31.3 Å². The van der Waals surface area contributed by atoms with E-state index >= 15 is 0 Å². The first kappa shape index (κ1) is 43.1. The number of fused-ring (bicyclic) bond motifs is 2. The van der Waals surface area contributed by atoms with Crippen LogP contribution in [0.15, 0.2) is 121 Å². The van der Waals surface area contributed by atoms with E-state index in [1.54, 1.807) is 18.3 Å². The van der Waals surface area contributed by atoms with Crippen LogP contribution in [0.25, 0.3) is 11.1 Å². The molecule has 11 nitrogen and oxygen atoms in total. The van der Waals surface area contributed by atoms with Crippen LogP contribution in [0.4, 0.5) is 4.79 Å². The monoisotopic (exact) mass is 884 g/mol. The number of urea groups is 1. The predicted molar refractivity (Wildman–Crippen MR) is 241 cm³/mol. The molecule has 0 saturated heterocycles. The fourth-order valence-electron chi connectivity index (χ4n) is 7.91. The van der Waals surface area contributed by atoms with Gasteiger partial charge in [0.25, 0.3) is 0 Å². The fraction of sp³-hybridized carbons (Fsp3) is 0.240. The maximum atomic E-state index is 14.3. The molecule has 0 saturated carbocycles. The quantitative estimate of drug-likeness (QED) is 0.110. The van der Waals surface area contributed by atoms with E-state index in [9.17, 15) is 19.5 Å². The molecule has 2 aliphatic heterocycles. The van der Waals surface area contributed by atoms with E-state index in [0.29, 0.717) is 33.9 Å². The van der Waals surface area contributed by atoms with Gasteiger partial charge in [-0.25, -0.2) is 9.59 Å². The molecule has 0 fully saturated rings. The molecule has 3 amide bonds. The van der Waals surface area contributed by atoms with E-state index in [1.807, 2.05) is 124 Å². The Balaban J connectivity index is 0.987. The molecule has 5 aromatic carbocycles. The number of carboxylic acids is 1. The average molecular weight is 886 g/mol. The lowest BCUT2D eigenvalue weighted by atomic mass is 9.92. The zero-order valence-electron chi connectivity index (χ0n) is 34.9. The number of carboxylic acid groups (broad SMARTS) is 1. The van der Waals surface area contributed by atoms with Gasteiger partial charge in [0.05, 0.1) is 16.1 Å². The molecule has 4 unspecified atom stereocenters. The molecule has 3 N–H and O–H groups in total. The molecule has 13 heteroatoms. The van der Waals surface area contributed by atoms with Gasteiger partial charge >= 0.3 is 12.0 Å². The Kier molecular flexibility index (Phi) is 12.9. The Labute approximate surface area is 375 Å². The number of amides is 3. The molecule has 0 spiro atoms. The van der Waals surface area contributed by atoms with Gasteiger partial charge in [-0.05, 0) is 113 Å². The summed E-state index contributed by atoms with van der Waals surface area (Å²) in [5.41, 5.74) is 9.01. The lowest BCUT2D eigenvalue weighted by Crippen LogP contribution is -2.57. The molecule has 2 aliphatic rings. The summed E-state index contributed by atoms with van der Waals surface area (Å²) in [5.74, 6) is -0.0562. The minimum atomic E-state index is -1.25. The molecule has 0 aliphatic carbocycles. The normalized spacial score (nSPS) is 16.3. The molecule has 3 heterocycles. The van der Waals surface area contributed by atoms with Gasteiger partial charge in [-0.3, -0.25) is 9.78 Å². The van der Waals surface area contributed by atoms with Crippen molar-refractivity contribution in [1.29, 1.82) is 0 Å². The van der Waals surface area contributed by atoms with E-state index < -0.39 is 36.1 Å². The van der Waals surface area contributed by atoms with Crippen molar-refractivity contribution in [3.05, 3.63) is 176 Å². The third-order valence-electron chi connectivity index (χ3n) is 11.7.